The van der Waals surface area contributed by atoms with Crippen LogP contribution in [0.5, 0.6) is 0 Å². The van der Waals surface area contributed by atoms with Gasteiger partial charge in [0.1, 0.15) is 0 Å². The fourth-order valence-electron chi connectivity index (χ4n) is 2.49. The summed E-state index contributed by atoms with van der Waals surface area (Å²) < 4.78 is 10.5. The van der Waals surface area contributed by atoms with Crippen LogP contribution in [0, 0.1) is 0 Å². The minimum atomic E-state index is 0.323. The van der Waals surface area contributed by atoms with E-state index < -0.39 is 0 Å². The number of methoxy groups -OCH3 is 1. The lowest BCUT2D eigenvalue weighted by molar-refractivity contribution is 0.0448. The molecule has 0 bridgehead atoms. The first-order valence-corrected chi connectivity index (χ1v) is 7.46. The molecule has 0 spiro atoms. The largest absolute Gasteiger partial charge is 0.382 e. The predicted octanol–water partition coefficient (Wildman–Crippen LogP) is 1.95. The highest BCUT2D eigenvalue weighted by molar-refractivity contribution is 6.31. The highest BCUT2D eigenvalue weighted by Crippen LogP contribution is 2.28. The number of benzene rings is 1. The van der Waals surface area contributed by atoms with Crippen LogP contribution in [0.3, 0.4) is 0 Å². The van der Waals surface area contributed by atoms with Crippen molar-refractivity contribution in [2.75, 3.05) is 53.1 Å². The third-order valence-electron chi connectivity index (χ3n) is 3.57. The number of halogens is 1. The Balaban J connectivity index is 1.90. The molecule has 1 saturated heterocycles. The second kappa shape index (κ2) is 8.60. The van der Waals surface area contributed by atoms with Crippen LogP contribution in [-0.2, 0) is 9.47 Å². The van der Waals surface area contributed by atoms with Crippen molar-refractivity contribution in [2.24, 2.45) is 0 Å². The number of nitrogens with one attached hydrogen (secondary N) is 1. The monoisotopic (exact) mass is 298 g/mol. The second-order valence-corrected chi connectivity index (χ2v) is 5.29. The average molecular weight is 299 g/mol. The fourth-order valence-corrected chi connectivity index (χ4v) is 2.75. The zero-order chi connectivity index (χ0) is 14.2. The summed E-state index contributed by atoms with van der Waals surface area (Å²) in [7, 11) is 1.69. The summed E-state index contributed by atoms with van der Waals surface area (Å²) in [4.78, 5) is 2.44. The first kappa shape index (κ1) is 15.7. The summed E-state index contributed by atoms with van der Waals surface area (Å²) in [5.41, 5.74) is 1.19. The van der Waals surface area contributed by atoms with Gasteiger partial charge < -0.3 is 14.8 Å². The quantitative estimate of drug-likeness (QED) is 0.780. The van der Waals surface area contributed by atoms with Gasteiger partial charge in [0.15, 0.2) is 0 Å². The lowest BCUT2D eigenvalue weighted by Crippen LogP contribution is -2.47. The topological polar surface area (TPSA) is 33.7 Å². The molecule has 1 aromatic carbocycles. The maximum atomic E-state index is 6.32. The van der Waals surface area contributed by atoms with Gasteiger partial charge >= 0.3 is 0 Å². The molecule has 1 fully saturated rings. The molecule has 1 heterocycles. The summed E-state index contributed by atoms with van der Waals surface area (Å²) in [5.74, 6) is 0. The van der Waals surface area contributed by atoms with Gasteiger partial charge in [-0.25, -0.2) is 0 Å². The molecule has 0 amide bonds. The van der Waals surface area contributed by atoms with Gasteiger partial charge in [0.05, 0.1) is 19.8 Å². The molecule has 5 heteroatoms. The zero-order valence-corrected chi connectivity index (χ0v) is 12.7. The molecule has 112 valence electrons. The Kier molecular flexibility index (Phi) is 6.76. The van der Waals surface area contributed by atoms with Crippen LogP contribution in [0.25, 0.3) is 0 Å². The van der Waals surface area contributed by atoms with Gasteiger partial charge in [-0.15, -0.1) is 0 Å². The van der Waals surface area contributed by atoms with Crippen molar-refractivity contribution in [1.29, 1.82) is 0 Å². The molecule has 2 rings (SSSR count). The van der Waals surface area contributed by atoms with Gasteiger partial charge in [-0.05, 0) is 11.6 Å². The van der Waals surface area contributed by atoms with Crippen molar-refractivity contribution in [3.8, 4) is 0 Å². The van der Waals surface area contributed by atoms with Crippen LogP contribution in [0.15, 0.2) is 24.3 Å². The van der Waals surface area contributed by atoms with Crippen molar-refractivity contribution in [1.82, 2.24) is 10.2 Å². The van der Waals surface area contributed by atoms with E-state index in [9.17, 15) is 0 Å². The standard InChI is InChI=1S/C15H23ClN2O2/c1-19-10-11-20-9-8-18-7-6-17-12-15(18)13-4-2-3-5-14(13)16/h2-5,15,17H,6-12H2,1H3. The van der Waals surface area contributed by atoms with E-state index in [4.69, 9.17) is 21.1 Å². The van der Waals surface area contributed by atoms with Crippen LogP contribution in [0.2, 0.25) is 5.02 Å². The Morgan fingerprint density at radius 2 is 2.15 bits per heavy atom. The minimum Gasteiger partial charge on any atom is -0.382 e. The minimum absolute atomic E-state index is 0.323. The van der Waals surface area contributed by atoms with Crippen LogP contribution in [-0.4, -0.2) is 58.0 Å². The second-order valence-electron chi connectivity index (χ2n) is 4.88. The first-order valence-electron chi connectivity index (χ1n) is 7.09. The SMILES string of the molecule is COCCOCCN1CCNCC1c1ccccc1Cl. The maximum absolute atomic E-state index is 6.32. The molecule has 0 aromatic heterocycles. The molecule has 0 aliphatic carbocycles. The zero-order valence-electron chi connectivity index (χ0n) is 12.0. The van der Waals surface area contributed by atoms with E-state index in [0.29, 0.717) is 19.3 Å². The first-order chi connectivity index (χ1) is 9.83. The molecule has 1 N–H and O–H groups in total. The molecule has 4 nitrogen and oxygen atoms in total. The molecule has 20 heavy (non-hydrogen) atoms. The van der Waals surface area contributed by atoms with E-state index in [1.807, 2.05) is 18.2 Å². The Bertz CT molecular complexity index is 403. The van der Waals surface area contributed by atoms with E-state index in [-0.39, 0.29) is 0 Å². The van der Waals surface area contributed by atoms with Crippen molar-refractivity contribution in [3.63, 3.8) is 0 Å². The lowest BCUT2D eigenvalue weighted by atomic mass is 10.0. The summed E-state index contributed by atoms with van der Waals surface area (Å²) in [5, 5.41) is 4.28. The van der Waals surface area contributed by atoms with Gasteiger partial charge in [0.2, 0.25) is 0 Å². The normalized spacial score (nSPS) is 20.2. The van der Waals surface area contributed by atoms with Crippen molar-refractivity contribution < 1.29 is 9.47 Å². The number of hydrogen-bond acceptors (Lipinski definition) is 4. The highest BCUT2D eigenvalue weighted by Gasteiger charge is 2.24. The van der Waals surface area contributed by atoms with Crippen LogP contribution in [0.1, 0.15) is 11.6 Å². The summed E-state index contributed by atoms with van der Waals surface area (Å²) in [6.45, 7) is 5.91. The summed E-state index contributed by atoms with van der Waals surface area (Å²) in [6.07, 6.45) is 0. The molecule has 1 aromatic rings. The third-order valence-corrected chi connectivity index (χ3v) is 3.92. The van der Waals surface area contributed by atoms with Crippen molar-refractivity contribution >= 4 is 11.6 Å². The van der Waals surface area contributed by atoms with E-state index in [2.05, 4.69) is 16.3 Å². The highest BCUT2D eigenvalue weighted by atomic mass is 35.5. The molecule has 0 saturated carbocycles. The summed E-state index contributed by atoms with van der Waals surface area (Å²) >= 11 is 6.32. The van der Waals surface area contributed by atoms with Gasteiger partial charge in [0.25, 0.3) is 0 Å². The summed E-state index contributed by atoms with van der Waals surface area (Å²) in [6, 6.07) is 8.41. The van der Waals surface area contributed by atoms with Gasteiger partial charge in [-0.1, -0.05) is 29.8 Å². The Morgan fingerprint density at radius 3 is 2.95 bits per heavy atom. The number of piperazine rings is 1. The smallest absolute Gasteiger partial charge is 0.0700 e. The molecule has 1 aliphatic heterocycles. The molecule has 1 aliphatic rings. The van der Waals surface area contributed by atoms with Crippen molar-refractivity contribution in [2.45, 2.75) is 6.04 Å². The fraction of sp³-hybridized carbons (Fsp3) is 0.600. The van der Waals surface area contributed by atoms with Crippen LogP contribution >= 0.6 is 11.6 Å². The van der Waals surface area contributed by atoms with E-state index in [1.165, 1.54) is 5.56 Å². The molecule has 1 atom stereocenters. The Hall–Kier alpha value is -0.650. The Morgan fingerprint density at radius 1 is 1.30 bits per heavy atom. The molecular weight excluding hydrogens is 276 g/mol. The molecular formula is C15H23ClN2O2. The van der Waals surface area contributed by atoms with E-state index >= 15 is 0 Å². The third kappa shape index (κ3) is 4.43. The van der Waals surface area contributed by atoms with Gasteiger partial charge in [-0.3, -0.25) is 4.90 Å². The van der Waals surface area contributed by atoms with Crippen molar-refractivity contribution in [3.05, 3.63) is 34.9 Å². The Labute approximate surface area is 126 Å². The number of ether oxygens (including phenoxy) is 2. The van der Waals surface area contributed by atoms with E-state index in [0.717, 1.165) is 37.8 Å². The van der Waals surface area contributed by atoms with Crippen LogP contribution < -0.4 is 5.32 Å². The number of nitrogens with zero attached hydrogens (tertiary/aromatic N) is 1. The lowest BCUT2D eigenvalue weighted by Gasteiger charge is -2.36. The average Bonchev–Trinajstić information content (AvgIpc) is 2.48. The maximum Gasteiger partial charge on any atom is 0.0700 e. The van der Waals surface area contributed by atoms with Gasteiger partial charge in [-0.2, -0.15) is 0 Å². The molecule has 1 unspecified atom stereocenters. The predicted molar refractivity (Wildman–Crippen MR) is 81.3 cm³/mol. The van der Waals surface area contributed by atoms with Gasteiger partial charge in [0, 0.05) is 44.4 Å². The number of rotatable bonds is 7. The van der Waals surface area contributed by atoms with E-state index in [1.54, 1.807) is 7.11 Å². The number of hydrogen-bond donors (Lipinski definition) is 1. The molecule has 0 radical (unpaired) electrons. The van der Waals surface area contributed by atoms with Crippen LogP contribution in [0.4, 0.5) is 0 Å².